The van der Waals surface area contributed by atoms with Crippen molar-refractivity contribution in [1.82, 2.24) is 5.32 Å². The van der Waals surface area contributed by atoms with E-state index < -0.39 is 0 Å². The summed E-state index contributed by atoms with van der Waals surface area (Å²) in [4.78, 5) is 0. The Morgan fingerprint density at radius 3 is 2.65 bits per heavy atom. The average molecular weight is 279 g/mol. The van der Waals surface area contributed by atoms with Gasteiger partial charge in [-0.2, -0.15) is 0 Å². The first-order valence-corrected chi connectivity index (χ1v) is 7.50. The average Bonchev–Trinajstić information content (AvgIpc) is 2.41. The van der Waals surface area contributed by atoms with Crippen molar-refractivity contribution >= 4 is 0 Å². The lowest BCUT2D eigenvalue weighted by atomic mass is 9.65. The van der Waals surface area contributed by atoms with Gasteiger partial charge in [-0.05, 0) is 48.9 Å². The molecule has 1 saturated carbocycles. The van der Waals surface area contributed by atoms with Gasteiger partial charge in [-0.15, -0.1) is 0 Å². The van der Waals surface area contributed by atoms with Gasteiger partial charge in [-0.1, -0.05) is 32.8 Å². The van der Waals surface area contributed by atoms with Crippen molar-refractivity contribution in [2.75, 3.05) is 14.2 Å². The predicted molar refractivity (Wildman–Crippen MR) is 80.5 cm³/mol. The molecule has 1 aromatic rings. The van der Waals surface area contributed by atoms with E-state index in [0.29, 0.717) is 17.1 Å². The molecule has 0 amide bonds. The van der Waals surface area contributed by atoms with Crippen LogP contribution in [0.4, 0.5) is 4.39 Å². The second-order valence-corrected chi connectivity index (χ2v) is 6.50. The highest BCUT2D eigenvalue weighted by Crippen LogP contribution is 2.46. The van der Waals surface area contributed by atoms with Crippen LogP contribution in [0.1, 0.15) is 51.1 Å². The molecule has 2 rings (SSSR count). The van der Waals surface area contributed by atoms with Crippen LogP contribution in [-0.2, 0) is 0 Å². The van der Waals surface area contributed by atoms with E-state index in [1.54, 1.807) is 12.1 Å². The first-order chi connectivity index (χ1) is 9.49. The van der Waals surface area contributed by atoms with E-state index in [2.05, 4.69) is 19.2 Å². The zero-order valence-electron chi connectivity index (χ0n) is 13.0. The molecule has 0 saturated heterocycles. The van der Waals surface area contributed by atoms with Crippen LogP contribution in [0.2, 0.25) is 0 Å². The Kier molecular flexibility index (Phi) is 4.69. The molecule has 1 fully saturated rings. The van der Waals surface area contributed by atoms with Crippen molar-refractivity contribution in [3.8, 4) is 5.75 Å². The molecule has 1 aliphatic rings. The van der Waals surface area contributed by atoms with Gasteiger partial charge in [0.1, 0.15) is 0 Å². The van der Waals surface area contributed by atoms with Crippen LogP contribution in [0, 0.1) is 17.2 Å². The molecule has 0 radical (unpaired) electrons. The predicted octanol–water partition coefficient (Wildman–Crippen LogP) is 4.31. The quantitative estimate of drug-likeness (QED) is 0.886. The van der Waals surface area contributed by atoms with E-state index in [0.717, 1.165) is 5.56 Å². The third-order valence-electron chi connectivity index (χ3n) is 4.84. The molecule has 0 heterocycles. The Balaban J connectivity index is 2.29. The molecule has 112 valence electrons. The van der Waals surface area contributed by atoms with E-state index in [9.17, 15) is 4.39 Å². The minimum atomic E-state index is -0.279. The minimum absolute atomic E-state index is 0.200. The lowest BCUT2D eigenvalue weighted by Gasteiger charge is -2.43. The number of halogens is 1. The monoisotopic (exact) mass is 279 g/mol. The second kappa shape index (κ2) is 6.13. The summed E-state index contributed by atoms with van der Waals surface area (Å²) in [5.74, 6) is 0.569. The van der Waals surface area contributed by atoms with Crippen LogP contribution in [0.3, 0.4) is 0 Å². The Morgan fingerprint density at radius 2 is 2.10 bits per heavy atom. The smallest absolute Gasteiger partial charge is 0.165 e. The van der Waals surface area contributed by atoms with Gasteiger partial charge in [0.05, 0.1) is 7.11 Å². The van der Waals surface area contributed by atoms with Crippen LogP contribution in [-0.4, -0.2) is 14.2 Å². The standard InChI is InChI=1S/C17H26FNO/c1-17(2)10-6-5-7-13(17)16(19-3)12-8-9-15(20-4)14(18)11-12/h8-9,11,13,16,19H,5-7,10H2,1-4H3. The first kappa shape index (κ1) is 15.3. The molecular formula is C17H26FNO. The number of nitrogens with one attached hydrogen (secondary N) is 1. The molecule has 3 heteroatoms. The zero-order valence-corrected chi connectivity index (χ0v) is 13.0. The van der Waals surface area contributed by atoms with Gasteiger partial charge in [0.25, 0.3) is 0 Å². The molecule has 0 aromatic heterocycles. The largest absolute Gasteiger partial charge is 0.494 e. The number of hydrogen-bond acceptors (Lipinski definition) is 2. The third-order valence-corrected chi connectivity index (χ3v) is 4.84. The molecular weight excluding hydrogens is 253 g/mol. The zero-order chi connectivity index (χ0) is 14.8. The number of hydrogen-bond donors (Lipinski definition) is 1. The molecule has 1 aromatic carbocycles. The molecule has 20 heavy (non-hydrogen) atoms. The summed E-state index contributed by atoms with van der Waals surface area (Å²) in [7, 11) is 3.47. The maximum Gasteiger partial charge on any atom is 0.165 e. The van der Waals surface area contributed by atoms with Crippen LogP contribution in [0.15, 0.2) is 18.2 Å². The molecule has 1 aliphatic carbocycles. The first-order valence-electron chi connectivity index (χ1n) is 7.50. The molecule has 2 unspecified atom stereocenters. The van der Waals surface area contributed by atoms with Gasteiger partial charge < -0.3 is 10.1 Å². The molecule has 1 N–H and O–H groups in total. The van der Waals surface area contributed by atoms with Crippen molar-refractivity contribution in [3.05, 3.63) is 29.6 Å². The topological polar surface area (TPSA) is 21.3 Å². The normalized spacial score (nSPS) is 23.4. The highest BCUT2D eigenvalue weighted by atomic mass is 19.1. The number of rotatable bonds is 4. The fourth-order valence-electron chi connectivity index (χ4n) is 3.62. The van der Waals surface area contributed by atoms with Crippen LogP contribution >= 0.6 is 0 Å². The Morgan fingerprint density at radius 1 is 1.35 bits per heavy atom. The minimum Gasteiger partial charge on any atom is -0.494 e. The van der Waals surface area contributed by atoms with E-state index in [1.165, 1.54) is 32.8 Å². The Labute approximate surface area is 121 Å². The molecule has 2 nitrogen and oxygen atoms in total. The van der Waals surface area contributed by atoms with Crippen molar-refractivity contribution in [1.29, 1.82) is 0 Å². The third kappa shape index (κ3) is 2.98. The van der Waals surface area contributed by atoms with Gasteiger partial charge in [0.15, 0.2) is 11.6 Å². The lowest BCUT2D eigenvalue weighted by molar-refractivity contribution is 0.101. The van der Waals surface area contributed by atoms with Gasteiger partial charge in [-0.25, -0.2) is 4.39 Å². The van der Waals surface area contributed by atoms with Crippen LogP contribution < -0.4 is 10.1 Å². The Bertz CT molecular complexity index is 458. The SMILES string of the molecule is CNC(c1ccc(OC)c(F)c1)C1CCCCC1(C)C. The molecule has 2 atom stereocenters. The lowest BCUT2D eigenvalue weighted by Crippen LogP contribution is -2.37. The van der Waals surface area contributed by atoms with Gasteiger partial charge >= 0.3 is 0 Å². The maximum absolute atomic E-state index is 14.0. The van der Waals surface area contributed by atoms with Gasteiger partial charge in [0, 0.05) is 6.04 Å². The summed E-state index contributed by atoms with van der Waals surface area (Å²) in [6.45, 7) is 4.67. The molecule has 0 spiro atoms. The van der Waals surface area contributed by atoms with Crippen LogP contribution in [0.25, 0.3) is 0 Å². The summed E-state index contributed by atoms with van der Waals surface area (Å²) in [5, 5.41) is 3.40. The maximum atomic E-state index is 14.0. The molecule has 0 bridgehead atoms. The van der Waals surface area contributed by atoms with Crippen molar-refractivity contribution in [2.45, 2.75) is 45.6 Å². The van der Waals surface area contributed by atoms with E-state index in [-0.39, 0.29) is 11.9 Å². The van der Waals surface area contributed by atoms with Crippen molar-refractivity contribution in [3.63, 3.8) is 0 Å². The highest BCUT2D eigenvalue weighted by Gasteiger charge is 2.37. The Hall–Kier alpha value is -1.09. The van der Waals surface area contributed by atoms with Gasteiger partial charge in [0.2, 0.25) is 0 Å². The summed E-state index contributed by atoms with van der Waals surface area (Å²) in [6.07, 6.45) is 5.02. The number of ether oxygens (including phenoxy) is 1. The summed E-state index contributed by atoms with van der Waals surface area (Å²) in [5.41, 5.74) is 1.31. The summed E-state index contributed by atoms with van der Waals surface area (Å²) >= 11 is 0. The summed E-state index contributed by atoms with van der Waals surface area (Å²) < 4.78 is 19.0. The van der Waals surface area contributed by atoms with E-state index in [1.807, 2.05) is 13.1 Å². The summed E-state index contributed by atoms with van der Waals surface area (Å²) in [6, 6.07) is 5.52. The van der Waals surface area contributed by atoms with Crippen LogP contribution in [0.5, 0.6) is 5.75 Å². The van der Waals surface area contributed by atoms with E-state index in [4.69, 9.17) is 4.74 Å². The fraction of sp³-hybridized carbons (Fsp3) is 0.647. The fourth-order valence-corrected chi connectivity index (χ4v) is 3.62. The number of benzene rings is 1. The second-order valence-electron chi connectivity index (χ2n) is 6.50. The van der Waals surface area contributed by atoms with Crippen molar-refractivity contribution in [2.24, 2.45) is 11.3 Å². The van der Waals surface area contributed by atoms with Crippen molar-refractivity contribution < 1.29 is 9.13 Å². The van der Waals surface area contributed by atoms with E-state index >= 15 is 0 Å². The number of methoxy groups -OCH3 is 1. The molecule has 0 aliphatic heterocycles. The van der Waals surface area contributed by atoms with Gasteiger partial charge in [-0.3, -0.25) is 0 Å². The highest BCUT2D eigenvalue weighted by molar-refractivity contribution is 5.31.